The molecule has 0 saturated heterocycles. The number of halogens is 2. The van der Waals surface area contributed by atoms with Crippen LogP contribution in [0.15, 0.2) is 30.5 Å². The average molecular weight is 285 g/mol. The summed E-state index contributed by atoms with van der Waals surface area (Å²) in [6.07, 6.45) is 0.606. The van der Waals surface area contributed by atoms with Gasteiger partial charge in [0, 0.05) is 29.4 Å². The lowest BCUT2D eigenvalue weighted by Gasteiger charge is -2.05. The highest BCUT2D eigenvalue weighted by molar-refractivity contribution is 6.27. The van der Waals surface area contributed by atoms with Crippen LogP contribution >= 0.6 is 11.6 Å². The monoisotopic (exact) mass is 284 g/mol. The molecule has 0 spiro atoms. The van der Waals surface area contributed by atoms with E-state index in [0.717, 1.165) is 0 Å². The van der Waals surface area contributed by atoms with Gasteiger partial charge in [-0.2, -0.15) is 4.39 Å². The summed E-state index contributed by atoms with van der Waals surface area (Å²) in [6.45, 7) is 0. The third kappa shape index (κ3) is 2.86. The number of nitro benzene ring substituents is 1. The molecule has 0 aliphatic heterocycles. The summed E-state index contributed by atoms with van der Waals surface area (Å²) in [5.74, 6) is -1.22. The van der Waals surface area contributed by atoms with Crippen LogP contribution in [0, 0.1) is 21.1 Å². The van der Waals surface area contributed by atoms with Gasteiger partial charge < -0.3 is 10.5 Å². The molecule has 0 amide bonds. The Balaban J connectivity index is 2.33. The molecule has 0 saturated carbocycles. The molecule has 7 nitrogen and oxygen atoms in total. The van der Waals surface area contributed by atoms with Crippen LogP contribution in [-0.2, 0) is 0 Å². The number of hydrogen-bond donors (Lipinski definition) is 1. The van der Waals surface area contributed by atoms with E-state index in [2.05, 4.69) is 10.3 Å². The van der Waals surface area contributed by atoms with Crippen molar-refractivity contribution < 1.29 is 14.0 Å². The molecule has 19 heavy (non-hydrogen) atoms. The number of non-ortho nitro benzene ring substituents is 1. The highest BCUT2D eigenvalue weighted by Gasteiger charge is 2.16. The molecule has 0 radical (unpaired) electrons. The van der Waals surface area contributed by atoms with Crippen LogP contribution in [0.4, 0.5) is 21.6 Å². The van der Waals surface area contributed by atoms with Gasteiger partial charge in [-0.3, -0.25) is 10.1 Å². The minimum absolute atomic E-state index is 0.0650. The van der Waals surface area contributed by atoms with E-state index < -0.39 is 16.0 Å². The van der Waals surface area contributed by atoms with E-state index in [1.54, 1.807) is 0 Å². The van der Waals surface area contributed by atoms with E-state index in [4.69, 9.17) is 11.6 Å². The minimum Gasteiger partial charge on any atom is -0.710 e. The molecule has 0 atom stereocenters. The minimum atomic E-state index is -0.925. The maximum atomic E-state index is 13.4. The first-order valence-electron chi connectivity index (χ1n) is 4.94. The van der Waals surface area contributed by atoms with Crippen molar-refractivity contribution in [3.63, 3.8) is 0 Å². The third-order valence-electron chi connectivity index (χ3n) is 2.16. The van der Waals surface area contributed by atoms with Crippen molar-refractivity contribution in [3.05, 3.63) is 56.9 Å². The zero-order valence-corrected chi connectivity index (χ0v) is 9.96. The topological polar surface area (TPSA) is 95.0 Å². The Morgan fingerprint density at radius 2 is 2.21 bits per heavy atom. The van der Waals surface area contributed by atoms with E-state index >= 15 is 0 Å². The van der Waals surface area contributed by atoms with Crippen LogP contribution in [0.1, 0.15) is 0 Å². The highest BCUT2D eigenvalue weighted by atomic mass is 35.5. The third-order valence-corrected chi connectivity index (χ3v) is 2.41. The Kier molecular flexibility index (Phi) is 3.43. The fraction of sp³-hybridized carbons (Fsp3) is 0. The van der Waals surface area contributed by atoms with Crippen LogP contribution in [-0.4, -0.2) is 9.91 Å². The largest absolute Gasteiger partial charge is 0.710 e. The zero-order valence-electron chi connectivity index (χ0n) is 9.21. The predicted octanol–water partition coefficient (Wildman–Crippen LogP) is 2.16. The standard InChI is InChI=1S/C10H6ClFN4O3/c11-10-14-9(8(12)5-15(10)17)13-6-2-1-3-7(4-6)16(18)19/h1-5H,(H,13,14). The molecular formula is C10H6ClFN4O3. The van der Waals surface area contributed by atoms with Crippen LogP contribution in [0.5, 0.6) is 0 Å². The van der Waals surface area contributed by atoms with Crippen LogP contribution in [0.25, 0.3) is 0 Å². The smallest absolute Gasteiger partial charge is 0.401 e. The first kappa shape index (κ1) is 13.0. The van der Waals surface area contributed by atoms with Crippen molar-refractivity contribution in [2.24, 2.45) is 0 Å². The van der Waals surface area contributed by atoms with Gasteiger partial charge in [-0.25, -0.2) is 4.73 Å². The fourth-order valence-electron chi connectivity index (χ4n) is 1.33. The van der Waals surface area contributed by atoms with Crippen molar-refractivity contribution in [3.8, 4) is 0 Å². The number of nitrogens with zero attached hydrogens (tertiary/aromatic N) is 3. The number of hydrogen-bond acceptors (Lipinski definition) is 5. The van der Waals surface area contributed by atoms with Crippen molar-refractivity contribution in [2.75, 3.05) is 5.32 Å². The Hall–Kier alpha value is -2.48. The highest BCUT2D eigenvalue weighted by Crippen LogP contribution is 2.21. The fourth-order valence-corrected chi connectivity index (χ4v) is 1.47. The van der Waals surface area contributed by atoms with Gasteiger partial charge in [0.15, 0.2) is 0 Å². The maximum Gasteiger partial charge on any atom is 0.401 e. The number of rotatable bonds is 3. The zero-order chi connectivity index (χ0) is 14.0. The van der Waals surface area contributed by atoms with Gasteiger partial charge in [0.25, 0.3) is 11.5 Å². The number of benzene rings is 1. The normalized spacial score (nSPS) is 10.2. The van der Waals surface area contributed by atoms with Gasteiger partial charge in [0.1, 0.15) is 6.20 Å². The molecule has 1 N–H and O–H groups in total. The molecule has 1 heterocycles. The molecule has 0 aliphatic rings. The summed E-state index contributed by atoms with van der Waals surface area (Å²) >= 11 is 5.46. The second-order valence-electron chi connectivity index (χ2n) is 3.46. The van der Waals surface area contributed by atoms with Gasteiger partial charge in [-0.1, -0.05) is 6.07 Å². The van der Waals surface area contributed by atoms with Crippen molar-refractivity contribution >= 4 is 28.8 Å². The maximum absolute atomic E-state index is 13.4. The lowest BCUT2D eigenvalue weighted by molar-refractivity contribution is -0.607. The molecule has 1 aromatic carbocycles. The Bertz CT molecular complexity index is 653. The lowest BCUT2D eigenvalue weighted by Crippen LogP contribution is -2.29. The SMILES string of the molecule is O=[N+]([O-])c1cccc(Nc2nc(Cl)[n+]([O-])cc2F)c1. The summed E-state index contributed by atoms with van der Waals surface area (Å²) < 4.78 is 13.5. The molecule has 0 fully saturated rings. The summed E-state index contributed by atoms with van der Waals surface area (Å²) in [4.78, 5) is 13.5. The number of nitrogens with one attached hydrogen (secondary N) is 1. The number of anilines is 2. The van der Waals surface area contributed by atoms with Gasteiger partial charge in [0.2, 0.25) is 5.82 Å². The van der Waals surface area contributed by atoms with Crippen molar-refractivity contribution in [1.29, 1.82) is 0 Å². The molecule has 0 bridgehead atoms. The molecule has 1 aromatic heterocycles. The molecular weight excluding hydrogens is 279 g/mol. The predicted molar refractivity (Wildman–Crippen MR) is 64.5 cm³/mol. The van der Waals surface area contributed by atoms with Gasteiger partial charge >= 0.3 is 5.28 Å². The van der Waals surface area contributed by atoms with Crippen LogP contribution in [0.2, 0.25) is 5.28 Å². The van der Waals surface area contributed by atoms with E-state index in [-0.39, 0.29) is 21.9 Å². The van der Waals surface area contributed by atoms with E-state index in [1.807, 2.05) is 0 Å². The Morgan fingerprint density at radius 1 is 1.47 bits per heavy atom. The van der Waals surface area contributed by atoms with E-state index in [0.29, 0.717) is 6.20 Å². The van der Waals surface area contributed by atoms with Gasteiger partial charge in [0.05, 0.1) is 4.92 Å². The Morgan fingerprint density at radius 3 is 2.89 bits per heavy atom. The van der Waals surface area contributed by atoms with Gasteiger partial charge in [-0.05, 0) is 11.1 Å². The lowest BCUT2D eigenvalue weighted by atomic mass is 10.3. The first-order valence-corrected chi connectivity index (χ1v) is 5.32. The van der Waals surface area contributed by atoms with Crippen molar-refractivity contribution in [1.82, 2.24) is 4.98 Å². The average Bonchev–Trinajstić information content (AvgIpc) is 2.36. The number of nitro groups is 1. The summed E-state index contributed by atoms with van der Waals surface area (Å²) in [5.41, 5.74) is 0.0895. The molecule has 2 rings (SSSR count). The first-order chi connectivity index (χ1) is 8.97. The van der Waals surface area contributed by atoms with Crippen molar-refractivity contribution in [2.45, 2.75) is 0 Å². The molecule has 98 valence electrons. The molecule has 0 aliphatic carbocycles. The quantitative estimate of drug-likeness (QED) is 0.306. The molecule has 2 aromatic rings. The summed E-state index contributed by atoms with van der Waals surface area (Å²) in [6, 6.07) is 5.41. The summed E-state index contributed by atoms with van der Waals surface area (Å²) in [7, 11) is 0. The van der Waals surface area contributed by atoms with E-state index in [9.17, 15) is 19.7 Å². The molecule has 9 heteroatoms. The second kappa shape index (κ2) is 5.02. The second-order valence-corrected chi connectivity index (χ2v) is 3.80. The van der Waals surface area contributed by atoms with Crippen LogP contribution < -0.4 is 10.0 Å². The Labute approximate surface area is 111 Å². The molecule has 0 unspecified atom stereocenters. The van der Waals surface area contributed by atoms with Crippen LogP contribution in [0.3, 0.4) is 0 Å². The number of aromatic nitrogens is 2. The summed E-state index contributed by atoms with van der Waals surface area (Å²) in [5, 5.41) is 23.6. The van der Waals surface area contributed by atoms with E-state index in [1.165, 1.54) is 24.3 Å². The van der Waals surface area contributed by atoms with Gasteiger partial charge in [-0.15, -0.1) is 0 Å².